The average molecular weight is 405 g/mol. The molecule has 0 spiro atoms. The minimum atomic E-state index is -0.491. The third-order valence-corrected chi connectivity index (χ3v) is 5.23. The third kappa shape index (κ3) is 6.35. The van der Waals surface area contributed by atoms with Crippen LogP contribution >= 0.6 is 0 Å². The van der Waals surface area contributed by atoms with Gasteiger partial charge in [-0.25, -0.2) is 4.79 Å². The number of rotatable bonds is 4. The average Bonchev–Trinajstić information content (AvgIpc) is 2.97. The molecular formula is C27H32O3. The maximum atomic E-state index is 11.9. The summed E-state index contributed by atoms with van der Waals surface area (Å²) in [5.41, 5.74) is 5.55. The molecule has 1 fully saturated rings. The predicted molar refractivity (Wildman–Crippen MR) is 123 cm³/mol. The van der Waals surface area contributed by atoms with Gasteiger partial charge in [-0.2, -0.15) is 0 Å². The highest BCUT2D eigenvalue weighted by atomic mass is 16.6. The minimum absolute atomic E-state index is 0.284. The van der Waals surface area contributed by atoms with Crippen LogP contribution in [-0.2, 0) is 9.53 Å². The molecule has 1 saturated carbocycles. The monoisotopic (exact) mass is 404 g/mol. The number of phenolic OH excluding ortho intramolecular Hbond substituents is 1. The van der Waals surface area contributed by atoms with E-state index >= 15 is 0 Å². The fourth-order valence-electron chi connectivity index (χ4n) is 3.87. The van der Waals surface area contributed by atoms with E-state index in [9.17, 15) is 9.90 Å². The van der Waals surface area contributed by atoms with Crippen molar-refractivity contribution in [1.29, 1.82) is 0 Å². The molecule has 0 atom stereocenters. The Morgan fingerprint density at radius 1 is 0.867 bits per heavy atom. The largest absolute Gasteiger partial charge is 0.508 e. The Morgan fingerprint density at radius 3 is 1.93 bits per heavy atom. The molecule has 1 aliphatic carbocycles. The van der Waals surface area contributed by atoms with Crippen LogP contribution in [0.4, 0.5) is 0 Å². The first-order valence-electron chi connectivity index (χ1n) is 10.8. The maximum absolute atomic E-state index is 11.9. The molecule has 3 rings (SSSR count). The van der Waals surface area contributed by atoms with E-state index in [-0.39, 0.29) is 11.7 Å². The molecule has 3 nitrogen and oxygen atoms in total. The van der Waals surface area contributed by atoms with Gasteiger partial charge < -0.3 is 9.84 Å². The van der Waals surface area contributed by atoms with E-state index in [2.05, 4.69) is 12.1 Å². The second-order valence-electron chi connectivity index (χ2n) is 8.93. The number of phenols is 1. The van der Waals surface area contributed by atoms with E-state index < -0.39 is 5.60 Å². The highest BCUT2D eigenvalue weighted by molar-refractivity contribution is 5.88. The van der Waals surface area contributed by atoms with Crippen molar-refractivity contribution in [2.24, 2.45) is 0 Å². The molecule has 0 aliphatic heterocycles. The summed E-state index contributed by atoms with van der Waals surface area (Å²) in [6, 6.07) is 15.8. The summed E-state index contributed by atoms with van der Waals surface area (Å²) < 4.78 is 5.33. The van der Waals surface area contributed by atoms with Gasteiger partial charge in [0, 0.05) is 6.08 Å². The SMILES string of the molecule is CC(C)(C)OC(=O)/C=C/c1ccc(C(=C2CCCCCC2)c2ccc(O)cc2)cc1. The van der Waals surface area contributed by atoms with Crippen molar-refractivity contribution < 1.29 is 14.6 Å². The van der Waals surface area contributed by atoms with Gasteiger partial charge in [0.25, 0.3) is 0 Å². The summed E-state index contributed by atoms with van der Waals surface area (Å²) in [7, 11) is 0. The molecule has 3 heteroatoms. The Bertz CT molecular complexity index is 900. The lowest BCUT2D eigenvalue weighted by Gasteiger charge is -2.18. The molecule has 1 aliphatic rings. The van der Waals surface area contributed by atoms with Crippen molar-refractivity contribution in [3.05, 3.63) is 76.9 Å². The molecule has 0 saturated heterocycles. The van der Waals surface area contributed by atoms with Gasteiger partial charge in [-0.05, 0) is 86.9 Å². The van der Waals surface area contributed by atoms with Crippen molar-refractivity contribution in [3.8, 4) is 5.75 Å². The lowest BCUT2D eigenvalue weighted by atomic mass is 9.89. The van der Waals surface area contributed by atoms with Crippen molar-refractivity contribution in [2.75, 3.05) is 0 Å². The maximum Gasteiger partial charge on any atom is 0.331 e. The van der Waals surface area contributed by atoms with E-state index in [1.165, 1.54) is 48.5 Å². The lowest BCUT2D eigenvalue weighted by Crippen LogP contribution is -2.22. The van der Waals surface area contributed by atoms with Crippen molar-refractivity contribution >= 4 is 17.6 Å². The number of carbonyl (C=O) groups excluding carboxylic acids is 1. The highest BCUT2D eigenvalue weighted by Crippen LogP contribution is 2.35. The molecule has 0 heterocycles. The number of hydrogen-bond donors (Lipinski definition) is 1. The van der Waals surface area contributed by atoms with Crippen LogP contribution in [0.15, 0.2) is 60.2 Å². The molecule has 0 unspecified atom stereocenters. The van der Waals surface area contributed by atoms with Crippen LogP contribution in [0.3, 0.4) is 0 Å². The van der Waals surface area contributed by atoms with Gasteiger partial charge in [-0.15, -0.1) is 0 Å². The second kappa shape index (κ2) is 9.80. The van der Waals surface area contributed by atoms with E-state index in [1.807, 2.05) is 45.0 Å². The first kappa shape index (κ1) is 21.9. The molecule has 0 amide bonds. The van der Waals surface area contributed by atoms with Crippen molar-refractivity contribution in [1.82, 2.24) is 0 Å². The van der Waals surface area contributed by atoms with Crippen molar-refractivity contribution in [3.63, 3.8) is 0 Å². The predicted octanol–water partition coefficient (Wildman–Crippen LogP) is 6.90. The van der Waals surface area contributed by atoms with E-state index in [4.69, 9.17) is 4.74 Å². The Morgan fingerprint density at radius 2 is 1.40 bits per heavy atom. The van der Waals surface area contributed by atoms with Gasteiger partial charge in [0.1, 0.15) is 11.4 Å². The van der Waals surface area contributed by atoms with Gasteiger partial charge in [-0.3, -0.25) is 0 Å². The summed E-state index contributed by atoms with van der Waals surface area (Å²) in [6.07, 6.45) is 10.6. The minimum Gasteiger partial charge on any atom is -0.508 e. The van der Waals surface area contributed by atoms with Gasteiger partial charge in [0.2, 0.25) is 0 Å². The zero-order chi connectivity index (χ0) is 21.6. The van der Waals surface area contributed by atoms with Crippen LogP contribution in [0.25, 0.3) is 11.6 Å². The molecule has 0 bridgehead atoms. The highest BCUT2D eigenvalue weighted by Gasteiger charge is 2.15. The molecule has 0 aromatic heterocycles. The van der Waals surface area contributed by atoms with E-state index in [1.54, 1.807) is 18.2 Å². The standard InChI is InChI=1S/C27H32O3/c1-27(2,3)30-25(29)19-12-20-10-13-22(14-11-20)26(21-8-6-4-5-7-9-21)23-15-17-24(28)18-16-23/h10-19,28H,4-9H2,1-3H3/b19-12+. The molecule has 30 heavy (non-hydrogen) atoms. The first-order valence-corrected chi connectivity index (χ1v) is 10.8. The quantitative estimate of drug-likeness (QED) is 0.342. The number of ether oxygens (including phenoxy) is 1. The zero-order valence-electron chi connectivity index (χ0n) is 18.3. The Hall–Kier alpha value is -2.81. The molecule has 0 radical (unpaired) electrons. The fourth-order valence-corrected chi connectivity index (χ4v) is 3.87. The Balaban J connectivity index is 1.88. The molecule has 2 aromatic carbocycles. The molecular weight excluding hydrogens is 372 g/mol. The summed E-state index contributed by atoms with van der Waals surface area (Å²) in [5.74, 6) is -0.0523. The van der Waals surface area contributed by atoms with E-state index in [0.717, 1.165) is 24.0 Å². The zero-order valence-corrected chi connectivity index (χ0v) is 18.3. The summed E-state index contributed by atoms with van der Waals surface area (Å²) in [6.45, 7) is 5.58. The number of aromatic hydroxyl groups is 1. The van der Waals surface area contributed by atoms with Gasteiger partial charge in [-0.1, -0.05) is 54.8 Å². The van der Waals surface area contributed by atoms with E-state index in [0.29, 0.717) is 0 Å². The lowest BCUT2D eigenvalue weighted by molar-refractivity contribution is -0.148. The van der Waals surface area contributed by atoms with Crippen LogP contribution in [0.1, 0.15) is 76.0 Å². The van der Waals surface area contributed by atoms with Crippen LogP contribution in [0, 0.1) is 0 Å². The number of hydrogen-bond acceptors (Lipinski definition) is 3. The number of carbonyl (C=O) groups is 1. The summed E-state index contributed by atoms with van der Waals surface area (Å²) in [4.78, 5) is 11.9. The van der Waals surface area contributed by atoms with Crippen LogP contribution < -0.4 is 0 Å². The van der Waals surface area contributed by atoms with Crippen molar-refractivity contribution in [2.45, 2.75) is 64.9 Å². The molecule has 158 valence electrons. The number of esters is 1. The number of allylic oxidation sites excluding steroid dienone is 1. The fraction of sp³-hybridized carbons (Fsp3) is 0.370. The Labute approximate surface area is 180 Å². The summed E-state index contributed by atoms with van der Waals surface area (Å²) in [5, 5.41) is 9.71. The van der Waals surface area contributed by atoms with Gasteiger partial charge >= 0.3 is 5.97 Å². The second-order valence-corrected chi connectivity index (χ2v) is 8.93. The normalized spacial score (nSPS) is 15.1. The van der Waals surface area contributed by atoms with Gasteiger partial charge in [0.15, 0.2) is 0 Å². The van der Waals surface area contributed by atoms with Gasteiger partial charge in [0.05, 0.1) is 0 Å². The van der Waals surface area contributed by atoms with Crippen LogP contribution in [0.2, 0.25) is 0 Å². The molecule has 1 N–H and O–H groups in total. The van der Waals surface area contributed by atoms with Crippen LogP contribution in [0.5, 0.6) is 5.75 Å². The first-order chi connectivity index (χ1) is 14.3. The topological polar surface area (TPSA) is 46.5 Å². The number of benzene rings is 2. The van der Waals surface area contributed by atoms with Crippen LogP contribution in [-0.4, -0.2) is 16.7 Å². The summed E-state index contributed by atoms with van der Waals surface area (Å²) >= 11 is 0. The smallest absolute Gasteiger partial charge is 0.331 e. The Kier molecular flexibility index (Phi) is 7.15. The molecule has 2 aromatic rings. The third-order valence-electron chi connectivity index (χ3n) is 5.23.